The maximum absolute atomic E-state index is 6.24. The van der Waals surface area contributed by atoms with Crippen LogP contribution in [0.4, 0.5) is 0 Å². The minimum atomic E-state index is 0.344. The molecule has 0 spiro atoms. The van der Waals surface area contributed by atoms with E-state index in [1.165, 1.54) is 5.56 Å². The van der Waals surface area contributed by atoms with Crippen LogP contribution in [0.2, 0.25) is 0 Å². The topological polar surface area (TPSA) is 29.3 Å². The van der Waals surface area contributed by atoms with Crippen LogP contribution in [0.5, 0.6) is 0 Å². The van der Waals surface area contributed by atoms with Gasteiger partial charge in [0.2, 0.25) is 0 Å². The molecule has 94 valence electrons. The molecular formula is C15H24N2. The van der Waals surface area contributed by atoms with E-state index in [1.807, 2.05) is 0 Å². The lowest BCUT2D eigenvalue weighted by Gasteiger charge is -2.45. The Labute approximate surface area is 105 Å². The zero-order chi connectivity index (χ0) is 12.4. The molecule has 2 rings (SSSR count). The highest BCUT2D eigenvalue weighted by atomic mass is 15.2. The van der Waals surface area contributed by atoms with Crippen molar-refractivity contribution < 1.29 is 0 Å². The van der Waals surface area contributed by atoms with Gasteiger partial charge in [-0.25, -0.2) is 0 Å². The Morgan fingerprint density at radius 3 is 2.47 bits per heavy atom. The van der Waals surface area contributed by atoms with Crippen molar-refractivity contribution in [2.75, 3.05) is 6.54 Å². The molecule has 1 aliphatic heterocycles. The third-order valence-corrected chi connectivity index (χ3v) is 4.35. The van der Waals surface area contributed by atoms with E-state index >= 15 is 0 Å². The van der Waals surface area contributed by atoms with Crippen LogP contribution in [0.1, 0.15) is 26.3 Å². The highest BCUT2D eigenvalue weighted by Gasteiger charge is 2.34. The lowest BCUT2D eigenvalue weighted by molar-refractivity contribution is 0.0553. The lowest BCUT2D eigenvalue weighted by Crippen LogP contribution is -2.55. The summed E-state index contributed by atoms with van der Waals surface area (Å²) in [4.78, 5) is 2.56. The molecule has 2 nitrogen and oxygen atoms in total. The van der Waals surface area contributed by atoms with E-state index in [-0.39, 0.29) is 0 Å². The first-order chi connectivity index (χ1) is 8.09. The summed E-state index contributed by atoms with van der Waals surface area (Å²) in [5.74, 6) is 1.16. The quantitative estimate of drug-likeness (QED) is 0.849. The molecule has 0 aliphatic carbocycles. The van der Waals surface area contributed by atoms with Crippen molar-refractivity contribution in [3.8, 4) is 0 Å². The average Bonchev–Trinajstić information content (AvgIpc) is 2.35. The third-order valence-electron chi connectivity index (χ3n) is 4.35. The molecule has 1 fully saturated rings. The Morgan fingerprint density at radius 2 is 1.82 bits per heavy atom. The minimum absolute atomic E-state index is 0.344. The van der Waals surface area contributed by atoms with Gasteiger partial charge in [0.25, 0.3) is 0 Å². The highest BCUT2D eigenvalue weighted by Crippen LogP contribution is 2.27. The first-order valence-corrected chi connectivity index (χ1v) is 6.63. The summed E-state index contributed by atoms with van der Waals surface area (Å²) in [6.07, 6.45) is 0. The first kappa shape index (κ1) is 12.6. The second kappa shape index (κ2) is 5.19. The summed E-state index contributed by atoms with van der Waals surface area (Å²) in [6.45, 7) is 9.01. The van der Waals surface area contributed by atoms with Gasteiger partial charge in [0.05, 0.1) is 0 Å². The summed E-state index contributed by atoms with van der Waals surface area (Å²) in [5, 5.41) is 0. The Hall–Kier alpha value is -0.860. The molecule has 0 saturated carbocycles. The largest absolute Gasteiger partial charge is 0.327 e. The monoisotopic (exact) mass is 232 g/mol. The standard InChI is InChI=1S/C15H24N2/c1-11-9-17(13(3)12(2)15(11)16)10-14-7-5-4-6-8-14/h4-8,11-13,15H,9-10,16H2,1-3H3/t11-,12-,13-,15-/m1/s1. The molecule has 1 aliphatic rings. The number of likely N-dealkylation sites (tertiary alicyclic amines) is 1. The molecule has 1 aromatic carbocycles. The van der Waals surface area contributed by atoms with E-state index in [4.69, 9.17) is 5.73 Å². The van der Waals surface area contributed by atoms with Gasteiger partial charge < -0.3 is 5.73 Å². The SMILES string of the molecule is C[C@H]1[C@H](N)[C@H](C)CN(Cc2ccccc2)[C@@H]1C. The number of benzene rings is 1. The lowest BCUT2D eigenvalue weighted by atomic mass is 9.81. The van der Waals surface area contributed by atoms with Crippen molar-refractivity contribution in [3.63, 3.8) is 0 Å². The summed E-state index contributed by atoms with van der Waals surface area (Å²) in [7, 11) is 0. The van der Waals surface area contributed by atoms with Gasteiger partial charge in [-0.05, 0) is 24.3 Å². The molecule has 0 amide bonds. The van der Waals surface area contributed by atoms with Crippen LogP contribution in [0.25, 0.3) is 0 Å². The Morgan fingerprint density at radius 1 is 1.18 bits per heavy atom. The van der Waals surface area contributed by atoms with Crippen LogP contribution >= 0.6 is 0 Å². The number of rotatable bonds is 2. The molecule has 0 radical (unpaired) electrons. The number of nitrogens with two attached hydrogens (primary N) is 1. The Bertz CT molecular complexity index is 349. The van der Waals surface area contributed by atoms with Crippen molar-refractivity contribution in [3.05, 3.63) is 35.9 Å². The van der Waals surface area contributed by atoms with E-state index in [9.17, 15) is 0 Å². The number of hydrogen-bond donors (Lipinski definition) is 1. The van der Waals surface area contributed by atoms with Crippen molar-refractivity contribution in [2.24, 2.45) is 17.6 Å². The van der Waals surface area contributed by atoms with Crippen LogP contribution < -0.4 is 5.73 Å². The third kappa shape index (κ3) is 2.70. The van der Waals surface area contributed by atoms with Crippen molar-refractivity contribution in [1.82, 2.24) is 4.90 Å². The summed E-state index contributed by atoms with van der Waals surface area (Å²) in [6, 6.07) is 11.6. The molecule has 0 aromatic heterocycles. The zero-order valence-electron chi connectivity index (χ0n) is 11.1. The predicted molar refractivity (Wildman–Crippen MR) is 72.6 cm³/mol. The molecule has 1 aromatic rings. The fourth-order valence-corrected chi connectivity index (χ4v) is 2.86. The molecule has 2 heteroatoms. The van der Waals surface area contributed by atoms with Crippen molar-refractivity contribution >= 4 is 0 Å². The number of hydrogen-bond acceptors (Lipinski definition) is 2. The van der Waals surface area contributed by atoms with Crippen LogP contribution in [0, 0.1) is 11.8 Å². The first-order valence-electron chi connectivity index (χ1n) is 6.63. The smallest absolute Gasteiger partial charge is 0.0236 e. The van der Waals surface area contributed by atoms with Gasteiger partial charge in [-0.1, -0.05) is 44.2 Å². The Balaban J connectivity index is 2.06. The molecular weight excluding hydrogens is 208 g/mol. The fourth-order valence-electron chi connectivity index (χ4n) is 2.86. The molecule has 1 heterocycles. The van der Waals surface area contributed by atoms with Crippen LogP contribution in [-0.4, -0.2) is 23.5 Å². The molecule has 1 saturated heterocycles. The minimum Gasteiger partial charge on any atom is -0.327 e. The predicted octanol–water partition coefficient (Wildman–Crippen LogP) is 2.49. The summed E-state index contributed by atoms with van der Waals surface area (Å²) >= 11 is 0. The van der Waals surface area contributed by atoms with Gasteiger partial charge in [-0.15, -0.1) is 0 Å². The van der Waals surface area contributed by atoms with E-state index in [0.29, 0.717) is 23.9 Å². The summed E-state index contributed by atoms with van der Waals surface area (Å²) in [5.41, 5.74) is 7.64. The molecule has 2 N–H and O–H groups in total. The van der Waals surface area contributed by atoms with Gasteiger partial charge in [0.1, 0.15) is 0 Å². The van der Waals surface area contributed by atoms with E-state index < -0.39 is 0 Å². The normalized spacial score (nSPS) is 34.8. The molecule has 17 heavy (non-hydrogen) atoms. The van der Waals surface area contributed by atoms with Gasteiger partial charge in [-0.3, -0.25) is 4.90 Å². The fraction of sp³-hybridized carbons (Fsp3) is 0.600. The van der Waals surface area contributed by atoms with Gasteiger partial charge in [0.15, 0.2) is 0 Å². The van der Waals surface area contributed by atoms with Gasteiger partial charge >= 0.3 is 0 Å². The zero-order valence-corrected chi connectivity index (χ0v) is 11.1. The van der Waals surface area contributed by atoms with Gasteiger partial charge in [-0.2, -0.15) is 0 Å². The van der Waals surface area contributed by atoms with Crippen LogP contribution in [-0.2, 0) is 6.54 Å². The van der Waals surface area contributed by atoms with E-state index in [1.54, 1.807) is 0 Å². The second-order valence-corrected chi connectivity index (χ2v) is 5.57. The maximum Gasteiger partial charge on any atom is 0.0236 e. The van der Waals surface area contributed by atoms with Crippen LogP contribution in [0.3, 0.4) is 0 Å². The Kier molecular flexibility index (Phi) is 3.85. The van der Waals surface area contributed by atoms with E-state index in [2.05, 4.69) is 56.0 Å². The highest BCUT2D eigenvalue weighted by molar-refractivity contribution is 5.15. The second-order valence-electron chi connectivity index (χ2n) is 5.57. The summed E-state index contributed by atoms with van der Waals surface area (Å²) < 4.78 is 0. The maximum atomic E-state index is 6.24. The number of nitrogens with zero attached hydrogens (tertiary/aromatic N) is 1. The molecule has 0 bridgehead atoms. The van der Waals surface area contributed by atoms with Crippen LogP contribution in [0.15, 0.2) is 30.3 Å². The average molecular weight is 232 g/mol. The van der Waals surface area contributed by atoms with Crippen molar-refractivity contribution in [2.45, 2.75) is 39.4 Å². The number of piperidine rings is 1. The molecule has 0 unspecified atom stereocenters. The van der Waals surface area contributed by atoms with Gasteiger partial charge in [0, 0.05) is 25.2 Å². The molecule has 4 atom stereocenters. The van der Waals surface area contributed by atoms with E-state index in [0.717, 1.165) is 13.1 Å². The van der Waals surface area contributed by atoms with Crippen molar-refractivity contribution in [1.29, 1.82) is 0 Å².